The molecule has 1 atom stereocenters. The van der Waals surface area contributed by atoms with E-state index in [1.165, 1.54) is 5.57 Å². The zero-order valence-electron chi connectivity index (χ0n) is 9.44. The van der Waals surface area contributed by atoms with Crippen LogP contribution in [-0.2, 0) is 0 Å². The maximum atomic E-state index is 9.19. The zero-order valence-corrected chi connectivity index (χ0v) is 11.0. The fourth-order valence-corrected chi connectivity index (χ4v) is 1.16. The van der Waals surface area contributed by atoms with Crippen LogP contribution in [0, 0.1) is 10.8 Å². The predicted molar refractivity (Wildman–Crippen MR) is 67.3 cm³/mol. The van der Waals surface area contributed by atoms with E-state index in [1.54, 1.807) is 0 Å². The highest BCUT2D eigenvalue weighted by molar-refractivity contribution is 9.12. The lowest BCUT2D eigenvalue weighted by Gasteiger charge is -2.02. The van der Waals surface area contributed by atoms with Crippen molar-refractivity contribution in [2.24, 2.45) is 0 Å². The SMILES string of the molecule is C=C(C)CCCCC(O)C#CBr.CC. The smallest absolute Gasteiger partial charge is 0.115 e. The third kappa shape index (κ3) is 14.3. The minimum atomic E-state index is -0.477. The molecule has 14 heavy (non-hydrogen) atoms. The number of hydrogen-bond acceptors (Lipinski definition) is 1. The first-order valence-corrected chi connectivity index (χ1v) is 5.89. The van der Waals surface area contributed by atoms with E-state index in [1.807, 2.05) is 20.8 Å². The fourth-order valence-electron chi connectivity index (χ4n) is 0.900. The average molecular weight is 261 g/mol. The highest BCUT2D eigenvalue weighted by atomic mass is 79.9. The van der Waals surface area contributed by atoms with Crippen LogP contribution in [0.25, 0.3) is 0 Å². The van der Waals surface area contributed by atoms with Gasteiger partial charge in [-0.15, -0.1) is 6.58 Å². The third-order valence-electron chi connectivity index (χ3n) is 1.55. The first kappa shape index (κ1) is 16.2. The van der Waals surface area contributed by atoms with E-state index in [-0.39, 0.29) is 0 Å². The van der Waals surface area contributed by atoms with Gasteiger partial charge in [-0.05, 0) is 37.4 Å². The normalized spacial score (nSPS) is 10.4. The van der Waals surface area contributed by atoms with Crippen LogP contribution >= 0.6 is 15.9 Å². The van der Waals surface area contributed by atoms with Crippen molar-refractivity contribution in [3.63, 3.8) is 0 Å². The maximum absolute atomic E-state index is 9.19. The van der Waals surface area contributed by atoms with Crippen molar-refractivity contribution in [2.75, 3.05) is 0 Å². The number of halogens is 1. The Hall–Kier alpha value is -0.260. The van der Waals surface area contributed by atoms with Crippen LogP contribution in [0.3, 0.4) is 0 Å². The summed E-state index contributed by atoms with van der Waals surface area (Å²) < 4.78 is 0. The summed E-state index contributed by atoms with van der Waals surface area (Å²) in [6.07, 6.45) is 3.43. The molecule has 82 valence electrons. The number of rotatable bonds is 5. The summed E-state index contributed by atoms with van der Waals surface area (Å²) in [5.74, 6) is 2.63. The number of allylic oxidation sites excluding steroid dienone is 1. The molecule has 1 unspecified atom stereocenters. The zero-order chi connectivity index (χ0) is 11.4. The molecule has 0 aliphatic heterocycles. The van der Waals surface area contributed by atoms with E-state index >= 15 is 0 Å². The minimum Gasteiger partial charge on any atom is -0.380 e. The maximum Gasteiger partial charge on any atom is 0.115 e. The lowest BCUT2D eigenvalue weighted by atomic mass is 10.1. The Bertz CT molecular complexity index is 188. The molecule has 0 saturated carbocycles. The molecule has 0 amide bonds. The molecule has 0 bridgehead atoms. The van der Waals surface area contributed by atoms with Gasteiger partial charge in [-0.3, -0.25) is 0 Å². The molecular weight excluding hydrogens is 240 g/mol. The molecule has 0 heterocycles. The Morgan fingerprint density at radius 2 is 2.00 bits per heavy atom. The third-order valence-corrected chi connectivity index (χ3v) is 1.78. The van der Waals surface area contributed by atoms with E-state index in [2.05, 4.69) is 33.3 Å². The van der Waals surface area contributed by atoms with Gasteiger partial charge in [-0.1, -0.05) is 25.3 Å². The fraction of sp³-hybridized carbons (Fsp3) is 0.667. The second-order valence-corrected chi connectivity index (χ2v) is 3.35. The van der Waals surface area contributed by atoms with Gasteiger partial charge >= 0.3 is 0 Å². The molecule has 0 aromatic heterocycles. The Labute approximate surface area is 96.7 Å². The number of hydrogen-bond donors (Lipinski definition) is 1. The van der Waals surface area contributed by atoms with Crippen LogP contribution in [0.1, 0.15) is 46.5 Å². The number of aliphatic hydroxyl groups excluding tert-OH is 1. The molecule has 0 spiro atoms. The largest absolute Gasteiger partial charge is 0.380 e. The highest BCUT2D eigenvalue weighted by Crippen LogP contribution is 2.07. The van der Waals surface area contributed by atoms with Gasteiger partial charge in [0.25, 0.3) is 0 Å². The van der Waals surface area contributed by atoms with Crippen molar-refractivity contribution >= 4 is 15.9 Å². The molecule has 0 fully saturated rings. The number of unbranched alkanes of at least 4 members (excludes halogenated alkanes) is 1. The lowest BCUT2D eigenvalue weighted by molar-refractivity contribution is 0.218. The Balaban J connectivity index is 0. The quantitative estimate of drug-likeness (QED) is 0.452. The van der Waals surface area contributed by atoms with Crippen molar-refractivity contribution in [1.82, 2.24) is 0 Å². The van der Waals surface area contributed by atoms with Gasteiger partial charge in [0.15, 0.2) is 0 Å². The molecule has 0 radical (unpaired) electrons. The molecule has 1 N–H and O–H groups in total. The van der Waals surface area contributed by atoms with E-state index in [4.69, 9.17) is 0 Å². The van der Waals surface area contributed by atoms with E-state index in [0.29, 0.717) is 0 Å². The van der Waals surface area contributed by atoms with Crippen molar-refractivity contribution in [1.29, 1.82) is 0 Å². The van der Waals surface area contributed by atoms with E-state index in [0.717, 1.165) is 25.7 Å². The molecule has 0 aromatic rings. The van der Waals surface area contributed by atoms with Gasteiger partial charge in [0, 0.05) is 15.9 Å². The van der Waals surface area contributed by atoms with Gasteiger partial charge in [-0.25, -0.2) is 0 Å². The van der Waals surface area contributed by atoms with Crippen LogP contribution < -0.4 is 0 Å². The topological polar surface area (TPSA) is 20.2 Å². The molecule has 0 aromatic carbocycles. The highest BCUT2D eigenvalue weighted by Gasteiger charge is 1.97. The summed E-state index contributed by atoms with van der Waals surface area (Å²) >= 11 is 2.95. The van der Waals surface area contributed by atoms with Crippen LogP contribution in [0.5, 0.6) is 0 Å². The molecule has 2 heteroatoms. The van der Waals surface area contributed by atoms with E-state index < -0.39 is 6.10 Å². The molecule has 0 aliphatic carbocycles. The van der Waals surface area contributed by atoms with Gasteiger partial charge in [0.1, 0.15) is 6.10 Å². The van der Waals surface area contributed by atoms with Gasteiger partial charge in [0.05, 0.1) is 0 Å². The van der Waals surface area contributed by atoms with Crippen LogP contribution in [0.15, 0.2) is 12.2 Å². The Kier molecular flexibility index (Phi) is 14.7. The lowest BCUT2D eigenvalue weighted by Crippen LogP contribution is -2.01. The van der Waals surface area contributed by atoms with E-state index in [9.17, 15) is 5.11 Å². The first-order valence-electron chi connectivity index (χ1n) is 5.10. The van der Waals surface area contributed by atoms with Crippen LogP contribution in [-0.4, -0.2) is 11.2 Å². The minimum absolute atomic E-state index is 0.477. The summed E-state index contributed by atoms with van der Waals surface area (Å²) in [6.45, 7) is 9.83. The van der Waals surface area contributed by atoms with Crippen LogP contribution in [0.4, 0.5) is 0 Å². The molecule has 1 nitrogen and oxygen atoms in total. The molecular formula is C12H21BrO. The van der Waals surface area contributed by atoms with Crippen molar-refractivity contribution in [3.8, 4) is 10.8 Å². The summed E-state index contributed by atoms with van der Waals surface area (Å²) in [6, 6.07) is 0. The molecule has 0 aliphatic rings. The van der Waals surface area contributed by atoms with Crippen molar-refractivity contribution < 1.29 is 5.11 Å². The van der Waals surface area contributed by atoms with Gasteiger partial charge < -0.3 is 5.11 Å². The Morgan fingerprint density at radius 1 is 1.43 bits per heavy atom. The second-order valence-electron chi connectivity index (χ2n) is 2.96. The van der Waals surface area contributed by atoms with Crippen molar-refractivity contribution in [2.45, 2.75) is 52.6 Å². The standard InChI is InChI=1S/C10H15BrO.C2H6/c1-9(2)5-3-4-6-10(12)7-8-11;1-2/h10,12H,1,3-6H2,2H3;1-2H3. The number of aliphatic hydroxyl groups is 1. The predicted octanol–water partition coefficient (Wildman–Crippen LogP) is 3.87. The molecule has 0 saturated heterocycles. The van der Waals surface area contributed by atoms with Crippen molar-refractivity contribution in [3.05, 3.63) is 12.2 Å². The second kappa shape index (κ2) is 12.7. The summed E-state index contributed by atoms with van der Waals surface area (Å²) in [7, 11) is 0. The van der Waals surface area contributed by atoms with Gasteiger partial charge in [-0.2, -0.15) is 0 Å². The van der Waals surface area contributed by atoms with Gasteiger partial charge in [0.2, 0.25) is 0 Å². The Morgan fingerprint density at radius 3 is 2.43 bits per heavy atom. The summed E-state index contributed by atoms with van der Waals surface area (Å²) in [4.78, 5) is 2.51. The first-order chi connectivity index (χ1) is 6.66. The monoisotopic (exact) mass is 260 g/mol. The summed E-state index contributed by atoms with van der Waals surface area (Å²) in [5.41, 5.74) is 1.20. The van der Waals surface area contributed by atoms with Crippen LogP contribution in [0.2, 0.25) is 0 Å². The average Bonchev–Trinajstić information content (AvgIpc) is 2.16. The molecule has 0 rings (SSSR count). The summed E-state index contributed by atoms with van der Waals surface area (Å²) in [5, 5.41) is 9.19.